The lowest BCUT2D eigenvalue weighted by molar-refractivity contribution is -0.137. The molecule has 1 N–H and O–H groups in total. The van der Waals surface area contributed by atoms with E-state index in [1.165, 1.54) is 19.2 Å². The molecule has 1 aromatic heterocycles. The highest BCUT2D eigenvalue weighted by Gasteiger charge is 2.33. The van der Waals surface area contributed by atoms with Gasteiger partial charge in [-0.15, -0.1) is 0 Å². The van der Waals surface area contributed by atoms with Gasteiger partial charge in [-0.1, -0.05) is 35.9 Å². The van der Waals surface area contributed by atoms with Gasteiger partial charge in [0.25, 0.3) is 5.91 Å². The average molecular weight is 480 g/mol. The van der Waals surface area contributed by atoms with Crippen LogP contribution < -0.4 is 5.32 Å². The minimum absolute atomic E-state index is 0.0186. The van der Waals surface area contributed by atoms with Crippen molar-refractivity contribution in [3.8, 4) is 0 Å². The number of amides is 2. The molecule has 0 atom stereocenters. The zero-order valence-electron chi connectivity index (χ0n) is 17.1. The number of fused-ring (bicyclic) bond motifs is 1. The van der Waals surface area contributed by atoms with Gasteiger partial charge in [0.15, 0.2) is 6.61 Å². The fourth-order valence-electron chi connectivity index (χ4n) is 2.82. The maximum atomic E-state index is 12.9. The monoisotopic (exact) mass is 479 g/mol. The maximum absolute atomic E-state index is 12.9. The van der Waals surface area contributed by atoms with E-state index in [-0.39, 0.29) is 11.4 Å². The second kappa shape index (κ2) is 9.86. The lowest BCUT2D eigenvalue weighted by atomic mass is 10.2. The third-order valence-corrected chi connectivity index (χ3v) is 4.83. The molecule has 2 aromatic carbocycles. The van der Waals surface area contributed by atoms with Gasteiger partial charge in [-0.25, -0.2) is 9.78 Å². The molecule has 0 saturated carbocycles. The van der Waals surface area contributed by atoms with Crippen molar-refractivity contribution in [3.05, 3.63) is 70.9 Å². The number of halogens is 4. The number of para-hydroxylation sites is 1. The number of alkyl halides is 3. The van der Waals surface area contributed by atoms with Gasteiger partial charge in [0.2, 0.25) is 5.91 Å². The van der Waals surface area contributed by atoms with Crippen molar-refractivity contribution >= 4 is 46.0 Å². The molecule has 11 heteroatoms. The normalized spacial score (nSPS) is 11.2. The third-order valence-electron chi connectivity index (χ3n) is 4.50. The van der Waals surface area contributed by atoms with E-state index < -0.39 is 47.7 Å². The fraction of sp³-hybridized carbons (Fsp3) is 0.182. The topological polar surface area (TPSA) is 88.6 Å². The summed E-state index contributed by atoms with van der Waals surface area (Å²) in [5.41, 5.74) is -0.625. The highest BCUT2D eigenvalue weighted by Crippen LogP contribution is 2.36. The summed E-state index contributed by atoms with van der Waals surface area (Å²) >= 11 is 5.55. The molecule has 0 aliphatic heterocycles. The van der Waals surface area contributed by atoms with E-state index in [1.807, 2.05) is 12.1 Å². The highest BCUT2D eigenvalue weighted by molar-refractivity contribution is 6.31. The smallest absolute Gasteiger partial charge is 0.417 e. The fourth-order valence-corrected chi connectivity index (χ4v) is 3.04. The number of carbonyl (C=O) groups excluding carboxylic acids is 3. The van der Waals surface area contributed by atoms with Gasteiger partial charge in [-0.05, 0) is 30.3 Å². The zero-order chi connectivity index (χ0) is 24.2. The number of nitrogens with zero attached hydrogens (tertiary/aromatic N) is 2. The molecular formula is C22H17ClF3N3O4. The molecule has 0 aliphatic carbocycles. The van der Waals surface area contributed by atoms with E-state index in [0.29, 0.717) is 11.6 Å². The number of aromatic nitrogens is 1. The molecule has 0 bridgehead atoms. The Kier molecular flexibility index (Phi) is 7.17. The number of likely N-dealkylation sites (N-methyl/N-ethyl adjacent to an activating group) is 1. The summed E-state index contributed by atoms with van der Waals surface area (Å²) in [5, 5.41) is 2.59. The van der Waals surface area contributed by atoms with Gasteiger partial charge < -0.3 is 15.0 Å². The van der Waals surface area contributed by atoms with Crippen LogP contribution in [0.1, 0.15) is 16.1 Å². The number of ether oxygens (including phenoxy) is 1. The Morgan fingerprint density at radius 3 is 2.55 bits per heavy atom. The van der Waals surface area contributed by atoms with Crippen LogP contribution in [-0.2, 0) is 20.5 Å². The number of hydrogen-bond acceptors (Lipinski definition) is 5. The van der Waals surface area contributed by atoms with Crippen LogP contribution in [-0.4, -0.2) is 47.9 Å². The number of anilines is 1. The van der Waals surface area contributed by atoms with Gasteiger partial charge in [-0.3, -0.25) is 9.59 Å². The van der Waals surface area contributed by atoms with Crippen molar-refractivity contribution < 1.29 is 32.3 Å². The summed E-state index contributed by atoms with van der Waals surface area (Å²) in [4.78, 5) is 41.6. The second-order valence-electron chi connectivity index (χ2n) is 6.96. The molecule has 3 aromatic rings. The van der Waals surface area contributed by atoms with Crippen molar-refractivity contribution in [1.29, 1.82) is 0 Å². The number of nitrogens with one attached hydrogen (secondary N) is 1. The molecule has 172 valence electrons. The van der Waals surface area contributed by atoms with Gasteiger partial charge >= 0.3 is 12.1 Å². The lowest BCUT2D eigenvalue weighted by Gasteiger charge is -2.17. The average Bonchev–Trinajstić information content (AvgIpc) is 2.77. The Bertz CT molecular complexity index is 1220. The van der Waals surface area contributed by atoms with Gasteiger partial charge in [0.1, 0.15) is 5.69 Å². The quantitative estimate of drug-likeness (QED) is 0.536. The Hall–Kier alpha value is -3.66. The van der Waals surface area contributed by atoms with Gasteiger partial charge in [0.05, 0.1) is 22.6 Å². The molecule has 0 radical (unpaired) electrons. The van der Waals surface area contributed by atoms with Crippen molar-refractivity contribution in [2.45, 2.75) is 6.18 Å². The predicted octanol–water partition coefficient (Wildman–Crippen LogP) is 4.16. The maximum Gasteiger partial charge on any atom is 0.417 e. The first-order chi connectivity index (χ1) is 15.5. The van der Waals surface area contributed by atoms with E-state index >= 15 is 0 Å². The van der Waals surface area contributed by atoms with E-state index in [1.54, 1.807) is 18.2 Å². The van der Waals surface area contributed by atoms with Gasteiger partial charge in [0, 0.05) is 18.1 Å². The first-order valence-corrected chi connectivity index (χ1v) is 9.86. The van der Waals surface area contributed by atoms with Crippen molar-refractivity contribution in [2.24, 2.45) is 0 Å². The Balaban J connectivity index is 1.53. The Morgan fingerprint density at radius 2 is 1.82 bits per heavy atom. The summed E-state index contributed by atoms with van der Waals surface area (Å²) in [5.74, 6) is -2.25. The first kappa shape index (κ1) is 24.0. The van der Waals surface area contributed by atoms with E-state index in [0.717, 1.165) is 16.4 Å². The molecule has 33 heavy (non-hydrogen) atoms. The number of carbonyl (C=O) groups is 3. The minimum Gasteiger partial charge on any atom is -0.451 e. The Morgan fingerprint density at radius 1 is 1.09 bits per heavy atom. The number of hydrogen-bond donors (Lipinski definition) is 1. The Labute approximate surface area is 191 Å². The number of pyridine rings is 1. The van der Waals surface area contributed by atoms with Crippen molar-refractivity contribution in [1.82, 2.24) is 9.88 Å². The van der Waals surface area contributed by atoms with Crippen molar-refractivity contribution in [3.63, 3.8) is 0 Å². The molecule has 0 unspecified atom stereocenters. The molecular weight excluding hydrogens is 463 g/mol. The molecule has 0 aliphatic rings. The zero-order valence-corrected chi connectivity index (χ0v) is 17.9. The first-order valence-electron chi connectivity index (χ1n) is 9.48. The van der Waals surface area contributed by atoms with Crippen LogP contribution in [0.3, 0.4) is 0 Å². The molecule has 0 spiro atoms. The lowest BCUT2D eigenvalue weighted by Crippen LogP contribution is -2.37. The highest BCUT2D eigenvalue weighted by atomic mass is 35.5. The molecule has 0 saturated heterocycles. The summed E-state index contributed by atoms with van der Waals surface area (Å²) < 4.78 is 43.8. The summed E-state index contributed by atoms with van der Waals surface area (Å²) in [6, 6.07) is 13.2. The SMILES string of the molecule is CN(CC(=O)Nc1ccc(Cl)c(C(F)(F)F)c1)C(=O)COC(=O)c1ccc2ccccc2n1. The minimum atomic E-state index is -4.69. The van der Waals surface area contributed by atoms with Crippen LogP contribution in [0.4, 0.5) is 18.9 Å². The van der Waals surface area contributed by atoms with Crippen LogP contribution in [0.25, 0.3) is 10.9 Å². The van der Waals surface area contributed by atoms with Crippen LogP contribution >= 0.6 is 11.6 Å². The largest absolute Gasteiger partial charge is 0.451 e. The summed E-state index contributed by atoms with van der Waals surface area (Å²) in [6.07, 6.45) is -4.69. The predicted molar refractivity (Wildman–Crippen MR) is 115 cm³/mol. The second-order valence-corrected chi connectivity index (χ2v) is 7.36. The summed E-state index contributed by atoms with van der Waals surface area (Å²) in [7, 11) is 1.28. The van der Waals surface area contributed by atoms with Crippen LogP contribution in [0, 0.1) is 0 Å². The number of rotatable bonds is 6. The van der Waals surface area contributed by atoms with E-state index in [9.17, 15) is 27.6 Å². The van der Waals surface area contributed by atoms with Crippen LogP contribution in [0.2, 0.25) is 5.02 Å². The van der Waals surface area contributed by atoms with Crippen LogP contribution in [0.5, 0.6) is 0 Å². The number of esters is 1. The molecule has 1 heterocycles. The summed E-state index contributed by atoms with van der Waals surface area (Å²) in [6.45, 7) is -1.12. The number of benzene rings is 2. The molecule has 2 amide bonds. The molecule has 3 rings (SSSR count). The molecule has 7 nitrogen and oxygen atoms in total. The van der Waals surface area contributed by atoms with Crippen LogP contribution in [0.15, 0.2) is 54.6 Å². The standard InChI is InChI=1S/C22H17ClF3N3O4/c1-29(11-19(30)27-14-7-8-16(23)15(10-14)22(24,25)26)20(31)12-33-21(32)18-9-6-13-4-2-3-5-17(13)28-18/h2-10H,11-12H2,1H3,(H,27,30). The van der Waals surface area contributed by atoms with Gasteiger partial charge in [-0.2, -0.15) is 13.2 Å². The van der Waals surface area contributed by atoms with Crippen molar-refractivity contribution in [2.75, 3.05) is 25.5 Å². The van der Waals surface area contributed by atoms with E-state index in [2.05, 4.69) is 10.3 Å². The molecule has 0 fully saturated rings. The van der Waals surface area contributed by atoms with E-state index in [4.69, 9.17) is 16.3 Å². The third kappa shape index (κ3) is 6.19.